The zero-order chi connectivity index (χ0) is 29.4. The van der Waals surface area contributed by atoms with E-state index >= 15 is 0 Å². The monoisotopic (exact) mass is 595 g/mol. The molecule has 1 aliphatic carbocycles. The van der Waals surface area contributed by atoms with E-state index in [0.29, 0.717) is 71.2 Å². The number of nitrogens with zero attached hydrogens (tertiary/aromatic N) is 3. The van der Waals surface area contributed by atoms with Crippen LogP contribution in [0.25, 0.3) is 21.0 Å². The fourth-order valence-corrected chi connectivity index (χ4v) is 7.18. The molecule has 2 fully saturated rings. The number of benzene rings is 1. The summed E-state index contributed by atoms with van der Waals surface area (Å²) in [6, 6.07) is 7.51. The number of carboxylic acids is 1. The van der Waals surface area contributed by atoms with Crippen molar-refractivity contribution in [1.29, 1.82) is 0 Å². The third-order valence-corrected chi connectivity index (χ3v) is 9.81. The van der Waals surface area contributed by atoms with E-state index < -0.39 is 28.7 Å². The number of aromatic nitrogens is 3. The van der Waals surface area contributed by atoms with E-state index in [1.165, 1.54) is 23.8 Å². The van der Waals surface area contributed by atoms with Gasteiger partial charge < -0.3 is 23.7 Å². The highest BCUT2D eigenvalue weighted by molar-refractivity contribution is 7.22. The number of hydrogen-bond donors (Lipinski definition) is 1. The van der Waals surface area contributed by atoms with Crippen molar-refractivity contribution >= 4 is 27.5 Å². The van der Waals surface area contributed by atoms with Gasteiger partial charge in [0.2, 0.25) is 5.89 Å². The van der Waals surface area contributed by atoms with Crippen LogP contribution in [0.2, 0.25) is 0 Å². The lowest BCUT2D eigenvalue weighted by Crippen LogP contribution is -2.49. The Kier molecular flexibility index (Phi) is 7.77. The van der Waals surface area contributed by atoms with Gasteiger partial charge in [-0.2, -0.15) is 0 Å². The number of oxazole rings is 1. The number of carboxylic acid groups (broad SMARTS) is 1. The molecule has 1 atom stereocenters. The summed E-state index contributed by atoms with van der Waals surface area (Å²) in [7, 11) is 1.59. The maximum Gasteiger partial charge on any atom is 0.332 e. The molecular formula is C30H33N3O8S. The van der Waals surface area contributed by atoms with E-state index in [2.05, 4.69) is 4.98 Å². The topological polar surface area (TPSA) is 135 Å². The van der Waals surface area contributed by atoms with Crippen LogP contribution in [0.15, 0.2) is 50.7 Å². The Morgan fingerprint density at radius 1 is 1.21 bits per heavy atom. The highest BCUT2D eigenvalue weighted by Gasteiger charge is 2.45. The second-order valence-electron chi connectivity index (χ2n) is 11.0. The third-order valence-electron chi connectivity index (χ3n) is 8.51. The highest BCUT2D eigenvalue weighted by atomic mass is 32.1. The molecule has 1 N–H and O–H groups in total. The van der Waals surface area contributed by atoms with Crippen molar-refractivity contribution < 1.29 is 28.5 Å². The van der Waals surface area contributed by atoms with Gasteiger partial charge in [0.25, 0.3) is 5.56 Å². The third kappa shape index (κ3) is 4.97. The summed E-state index contributed by atoms with van der Waals surface area (Å²) in [4.78, 5) is 45.9. The number of thiophene rings is 1. The molecule has 0 bridgehead atoms. The number of aryl methyl sites for hydroxylation is 1. The zero-order valence-corrected chi connectivity index (χ0v) is 24.4. The zero-order valence-electron chi connectivity index (χ0n) is 23.5. The molecule has 1 aliphatic heterocycles. The largest absolute Gasteiger partial charge is 0.496 e. The van der Waals surface area contributed by atoms with E-state index in [1.54, 1.807) is 18.6 Å². The first-order chi connectivity index (χ1) is 20.3. The van der Waals surface area contributed by atoms with Crippen LogP contribution >= 0.6 is 11.3 Å². The molecule has 0 amide bonds. The van der Waals surface area contributed by atoms with Gasteiger partial charge in [-0.05, 0) is 44.2 Å². The SMILES string of the molecule is COc1ccccc1[C@H](Cn1c(=O)n(CC2(C(=O)O)CCC2)c(=O)c2c(C)c(-c3ncco3)sc21)OC1CCOCC1. The predicted molar refractivity (Wildman–Crippen MR) is 155 cm³/mol. The molecule has 1 saturated heterocycles. The average Bonchev–Trinajstić information content (AvgIpc) is 3.62. The maximum absolute atomic E-state index is 14.3. The van der Waals surface area contributed by atoms with Gasteiger partial charge >= 0.3 is 11.7 Å². The number of ether oxygens (including phenoxy) is 3. The molecule has 1 aromatic carbocycles. The Morgan fingerprint density at radius 2 is 1.98 bits per heavy atom. The number of methoxy groups -OCH3 is 1. The minimum absolute atomic E-state index is 0.0817. The molecule has 42 heavy (non-hydrogen) atoms. The Balaban J connectivity index is 1.54. The van der Waals surface area contributed by atoms with E-state index in [1.807, 2.05) is 24.3 Å². The summed E-state index contributed by atoms with van der Waals surface area (Å²) in [5.41, 5.74) is -0.835. The van der Waals surface area contributed by atoms with Crippen LogP contribution in [0.5, 0.6) is 5.75 Å². The van der Waals surface area contributed by atoms with E-state index in [9.17, 15) is 19.5 Å². The minimum atomic E-state index is -1.15. The number of rotatable bonds is 10. The van der Waals surface area contributed by atoms with Crippen LogP contribution in [-0.2, 0) is 27.4 Å². The number of fused-ring (bicyclic) bond motifs is 1. The Hall–Kier alpha value is -3.74. The number of hydrogen-bond acceptors (Lipinski definition) is 9. The fraction of sp³-hybridized carbons (Fsp3) is 0.467. The molecule has 222 valence electrons. The average molecular weight is 596 g/mol. The van der Waals surface area contributed by atoms with Crippen molar-refractivity contribution in [2.75, 3.05) is 20.3 Å². The Bertz CT molecular complexity index is 1710. The Labute approximate surface area is 245 Å². The van der Waals surface area contributed by atoms with Crippen LogP contribution in [0.4, 0.5) is 0 Å². The van der Waals surface area contributed by atoms with Gasteiger partial charge in [-0.1, -0.05) is 24.6 Å². The van der Waals surface area contributed by atoms with Crippen LogP contribution < -0.4 is 16.0 Å². The van der Waals surface area contributed by atoms with E-state index in [-0.39, 0.29) is 19.2 Å². The van der Waals surface area contributed by atoms with Gasteiger partial charge in [-0.3, -0.25) is 18.7 Å². The summed E-state index contributed by atoms with van der Waals surface area (Å²) in [5, 5.41) is 10.4. The van der Waals surface area contributed by atoms with Crippen molar-refractivity contribution in [3.8, 4) is 16.5 Å². The molecule has 6 rings (SSSR count). The van der Waals surface area contributed by atoms with Crippen molar-refractivity contribution in [3.05, 3.63) is 68.7 Å². The molecule has 3 aromatic heterocycles. The molecule has 0 radical (unpaired) electrons. The van der Waals surface area contributed by atoms with Gasteiger partial charge in [-0.15, -0.1) is 11.3 Å². The molecule has 0 spiro atoms. The molecule has 11 nitrogen and oxygen atoms in total. The van der Waals surface area contributed by atoms with Crippen molar-refractivity contribution in [1.82, 2.24) is 14.1 Å². The molecule has 4 aromatic rings. The molecule has 2 aliphatic rings. The van der Waals surface area contributed by atoms with Gasteiger partial charge in [0.05, 0.1) is 41.6 Å². The Morgan fingerprint density at radius 3 is 2.62 bits per heavy atom. The van der Waals surface area contributed by atoms with Gasteiger partial charge in [0.1, 0.15) is 22.9 Å². The van der Waals surface area contributed by atoms with Crippen LogP contribution in [0, 0.1) is 12.3 Å². The molecule has 4 heterocycles. The smallest absolute Gasteiger partial charge is 0.332 e. The van der Waals surface area contributed by atoms with Gasteiger partial charge in [0, 0.05) is 25.3 Å². The van der Waals surface area contributed by atoms with Crippen molar-refractivity contribution in [2.45, 2.75) is 64.3 Å². The summed E-state index contributed by atoms with van der Waals surface area (Å²) >= 11 is 1.25. The van der Waals surface area contributed by atoms with Crippen molar-refractivity contribution in [2.24, 2.45) is 5.41 Å². The van der Waals surface area contributed by atoms with E-state index in [0.717, 1.165) is 16.6 Å². The number of para-hydroxylation sites is 1. The van der Waals surface area contributed by atoms with Crippen LogP contribution in [0.3, 0.4) is 0 Å². The van der Waals surface area contributed by atoms with Crippen molar-refractivity contribution in [3.63, 3.8) is 0 Å². The number of carbonyl (C=O) groups is 1. The maximum atomic E-state index is 14.3. The summed E-state index contributed by atoms with van der Waals surface area (Å²) < 4.78 is 26.1. The lowest BCUT2D eigenvalue weighted by molar-refractivity contribution is -0.155. The molecule has 12 heteroatoms. The first kappa shape index (κ1) is 28.4. The summed E-state index contributed by atoms with van der Waals surface area (Å²) in [6.45, 7) is 2.85. The second-order valence-corrected chi connectivity index (χ2v) is 12.0. The first-order valence-electron chi connectivity index (χ1n) is 14.1. The first-order valence-corrected chi connectivity index (χ1v) is 14.9. The molecule has 1 saturated carbocycles. The molecule has 0 unspecified atom stereocenters. The van der Waals surface area contributed by atoms with Crippen LogP contribution in [0.1, 0.15) is 49.3 Å². The fourth-order valence-electron chi connectivity index (χ4n) is 5.94. The normalized spacial score (nSPS) is 17.7. The lowest BCUT2D eigenvalue weighted by atomic mass is 9.68. The van der Waals surface area contributed by atoms with E-state index in [4.69, 9.17) is 18.6 Å². The minimum Gasteiger partial charge on any atom is -0.496 e. The quantitative estimate of drug-likeness (QED) is 0.283. The van der Waals surface area contributed by atoms with Crippen LogP contribution in [-0.4, -0.2) is 51.6 Å². The predicted octanol–water partition coefficient (Wildman–Crippen LogP) is 4.39. The summed E-state index contributed by atoms with van der Waals surface area (Å²) in [6.07, 6.45) is 5.27. The lowest BCUT2D eigenvalue weighted by Gasteiger charge is -2.37. The molecular weight excluding hydrogens is 562 g/mol. The van der Waals surface area contributed by atoms with Gasteiger partial charge in [0.15, 0.2) is 0 Å². The second kappa shape index (κ2) is 11.5. The van der Waals surface area contributed by atoms with Gasteiger partial charge in [-0.25, -0.2) is 9.78 Å². The highest BCUT2D eigenvalue weighted by Crippen LogP contribution is 2.43. The standard InChI is InChI=1S/C30H33N3O8S/c1-18-23-26(34)33(17-30(28(35)36)10-5-11-30)29(37)32(27(23)42-24(18)25-31-12-15-40-25)16-22(41-19-8-13-39-14-9-19)20-6-3-4-7-21(20)38-2/h3-4,6-7,12,15,19,22H,5,8-11,13-14,16-17H2,1-2H3,(H,35,36)/t22-/m0/s1. The summed E-state index contributed by atoms with van der Waals surface area (Å²) in [5.74, 6) is -0.0300. The number of aliphatic carboxylic acids is 1.